The Kier molecular flexibility index (Phi) is 15.1. The predicted molar refractivity (Wildman–Crippen MR) is 98.8 cm³/mol. The lowest BCUT2D eigenvalue weighted by Gasteiger charge is -2.02. The molecule has 0 aromatic carbocycles. The maximum atomic E-state index is 10.3. The molecule has 136 valence electrons. The van der Waals surface area contributed by atoms with Crippen molar-refractivity contribution in [1.82, 2.24) is 0 Å². The van der Waals surface area contributed by atoms with Crippen molar-refractivity contribution in [2.24, 2.45) is 0 Å². The molecule has 0 radical (unpaired) electrons. The number of aliphatic hydroxyl groups excluding tert-OH is 2. The Balaban J connectivity index is 3.75. The van der Waals surface area contributed by atoms with Crippen molar-refractivity contribution in [2.45, 2.75) is 70.5 Å². The number of hydrogen-bond acceptors (Lipinski definition) is 3. The smallest absolute Gasteiger partial charge is 0.303 e. The van der Waals surface area contributed by atoms with E-state index in [0.717, 1.165) is 32.1 Å². The molecule has 0 aliphatic rings. The van der Waals surface area contributed by atoms with Crippen molar-refractivity contribution < 1.29 is 20.1 Å². The highest BCUT2D eigenvalue weighted by atomic mass is 16.4. The summed E-state index contributed by atoms with van der Waals surface area (Å²) in [5.41, 5.74) is 0. The van der Waals surface area contributed by atoms with Gasteiger partial charge in [-0.05, 0) is 25.7 Å². The SMILES string of the molecule is CCCCC[C@@H](O)/C=C/C=C\C/C=C\C=C\[C@H](O)CCCC(=O)O. The van der Waals surface area contributed by atoms with Crippen molar-refractivity contribution >= 4 is 5.97 Å². The number of aliphatic carboxylic acids is 1. The van der Waals surface area contributed by atoms with Crippen molar-refractivity contribution in [3.8, 4) is 0 Å². The molecule has 0 unspecified atom stereocenters. The lowest BCUT2D eigenvalue weighted by Crippen LogP contribution is -2.03. The summed E-state index contributed by atoms with van der Waals surface area (Å²) in [6.07, 6.45) is 19.9. The van der Waals surface area contributed by atoms with Crippen LogP contribution in [-0.4, -0.2) is 33.5 Å². The van der Waals surface area contributed by atoms with E-state index >= 15 is 0 Å². The Hall–Kier alpha value is -1.65. The van der Waals surface area contributed by atoms with Crippen LogP contribution in [0.5, 0.6) is 0 Å². The Bertz CT molecular complexity index is 421. The van der Waals surface area contributed by atoms with Gasteiger partial charge < -0.3 is 15.3 Å². The second-order valence-electron chi connectivity index (χ2n) is 5.78. The molecule has 2 atom stereocenters. The summed E-state index contributed by atoms with van der Waals surface area (Å²) >= 11 is 0. The topological polar surface area (TPSA) is 77.8 Å². The number of carboxylic acid groups (broad SMARTS) is 1. The van der Waals surface area contributed by atoms with E-state index in [0.29, 0.717) is 12.8 Å². The zero-order valence-electron chi connectivity index (χ0n) is 14.7. The van der Waals surface area contributed by atoms with Crippen LogP contribution in [0, 0.1) is 0 Å². The van der Waals surface area contributed by atoms with Crippen LogP contribution in [0.4, 0.5) is 0 Å². The molecular formula is C20H32O4. The third-order valence-electron chi connectivity index (χ3n) is 3.43. The van der Waals surface area contributed by atoms with Gasteiger partial charge >= 0.3 is 5.97 Å². The second kappa shape index (κ2) is 16.2. The molecule has 0 aliphatic carbocycles. The molecule has 0 saturated carbocycles. The minimum atomic E-state index is -0.833. The minimum Gasteiger partial charge on any atom is -0.481 e. The van der Waals surface area contributed by atoms with E-state index in [9.17, 15) is 15.0 Å². The summed E-state index contributed by atoms with van der Waals surface area (Å²) < 4.78 is 0. The minimum absolute atomic E-state index is 0.0896. The lowest BCUT2D eigenvalue weighted by atomic mass is 10.1. The van der Waals surface area contributed by atoms with Gasteiger partial charge in [0.1, 0.15) is 0 Å². The maximum absolute atomic E-state index is 10.3. The molecule has 3 N–H and O–H groups in total. The Morgan fingerprint density at radius 1 is 0.875 bits per heavy atom. The van der Waals surface area contributed by atoms with E-state index in [1.807, 2.05) is 36.5 Å². The highest BCUT2D eigenvalue weighted by Gasteiger charge is 2.01. The summed E-state index contributed by atoms with van der Waals surface area (Å²) in [7, 11) is 0. The fourth-order valence-corrected chi connectivity index (χ4v) is 2.04. The largest absolute Gasteiger partial charge is 0.481 e. The molecule has 0 aromatic heterocycles. The van der Waals surface area contributed by atoms with Crippen molar-refractivity contribution in [3.63, 3.8) is 0 Å². The molecule has 0 heterocycles. The lowest BCUT2D eigenvalue weighted by molar-refractivity contribution is -0.137. The van der Waals surface area contributed by atoms with Crippen LogP contribution in [0.2, 0.25) is 0 Å². The molecule has 4 heteroatoms. The molecule has 4 nitrogen and oxygen atoms in total. The fourth-order valence-electron chi connectivity index (χ4n) is 2.04. The number of rotatable bonds is 14. The fraction of sp³-hybridized carbons (Fsp3) is 0.550. The highest BCUT2D eigenvalue weighted by molar-refractivity contribution is 5.66. The first-order valence-electron chi connectivity index (χ1n) is 8.80. The molecule has 0 saturated heterocycles. The number of allylic oxidation sites excluding steroid dienone is 6. The van der Waals surface area contributed by atoms with Gasteiger partial charge in [0, 0.05) is 6.42 Å². The summed E-state index contributed by atoms with van der Waals surface area (Å²) in [4.78, 5) is 10.3. The molecule has 0 rings (SSSR count). The summed E-state index contributed by atoms with van der Waals surface area (Å²) in [5, 5.41) is 27.8. The van der Waals surface area contributed by atoms with Crippen LogP contribution in [0.15, 0.2) is 48.6 Å². The summed E-state index contributed by atoms with van der Waals surface area (Å²) in [6.45, 7) is 2.15. The molecule has 0 spiro atoms. The van der Waals surface area contributed by atoms with Gasteiger partial charge in [-0.25, -0.2) is 0 Å². The number of unbranched alkanes of at least 4 members (excludes halogenated alkanes) is 2. The van der Waals surface area contributed by atoms with Gasteiger partial charge in [0.15, 0.2) is 0 Å². The molecule has 0 aliphatic heterocycles. The van der Waals surface area contributed by atoms with Gasteiger partial charge in [0.2, 0.25) is 0 Å². The van der Waals surface area contributed by atoms with E-state index in [4.69, 9.17) is 5.11 Å². The molecule has 24 heavy (non-hydrogen) atoms. The van der Waals surface area contributed by atoms with E-state index in [1.54, 1.807) is 12.2 Å². The number of hydrogen-bond donors (Lipinski definition) is 3. The molecular weight excluding hydrogens is 304 g/mol. The van der Waals surface area contributed by atoms with Gasteiger partial charge in [0.25, 0.3) is 0 Å². The second-order valence-corrected chi connectivity index (χ2v) is 5.78. The Morgan fingerprint density at radius 3 is 1.92 bits per heavy atom. The van der Waals surface area contributed by atoms with E-state index in [2.05, 4.69) is 6.92 Å². The van der Waals surface area contributed by atoms with Crippen LogP contribution < -0.4 is 0 Å². The average molecular weight is 336 g/mol. The zero-order valence-corrected chi connectivity index (χ0v) is 14.7. The molecule has 0 amide bonds. The van der Waals surface area contributed by atoms with E-state index in [-0.39, 0.29) is 12.5 Å². The first kappa shape index (κ1) is 22.4. The third-order valence-corrected chi connectivity index (χ3v) is 3.43. The van der Waals surface area contributed by atoms with Crippen molar-refractivity contribution in [3.05, 3.63) is 48.6 Å². The van der Waals surface area contributed by atoms with Crippen LogP contribution in [0.25, 0.3) is 0 Å². The summed E-state index contributed by atoms with van der Waals surface area (Å²) in [5.74, 6) is -0.833. The Morgan fingerprint density at radius 2 is 1.42 bits per heavy atom. The monoisotopic (exact) mass is 336 g/mol. The summed E-state index contributed by atoms with van der Waals surface area (Å²) in [6, 6.07) is 0. The van der Waals surface area contributed by atoms with Gasteiger partial charge in [-0.15, -0.1) is 0 Å². The van der Waals surface area contributed by atoms with Gasteiger partial charge in [0.05, 0.1) is 12.2 Å². The normalized spacial score (nSPS) is 15.1. The standard InChI is InChI=1S/C20H32O4/c1-2-3-9-13-18(21)14-10-7-5-4-6-8-11-15-19(22)16-12-17-20(23)24/h5-8,10-11,14-15,18-19,21-22H,2-4,9,12-13,16-17H2,1H3,(H,23,24)/b7-5-,8-6-,14-10+,15-11+/t18-,19+/m1/s1. The van der Waals surface area contributed by atoms with Crippen molar-refractivity contribution in [2.75, 3.05) is 0 Å². The number of carbonyl (C=O) groups is 1. The molecule has 0 bridgehead atoms. The first-order chi connectivity index (χ1) is 11.6. The maximum Gasteiger partial charge on any atom is 0.303 e. The predicted octanol–water partition coefficient (Wildman–Crippen LogP) is 4.16. The van der Waals surface area contributed by atoms with Crippen LogP contribution in [-0.2, 0) is 4.79 Å². The molecule has 0 aromatic rings. The quantitative estimate of drug-likeness (QED) is 0.329. The van der Waals surface area contributed by atoms with Crippen LogP contribution in [0.3, 0.4) is 0 Å². The zero-order chi connectivity index (χ0) is 18.0. The highest BCUT2D eigenvalue weighted by Crippen LogP contribution is 2.04. The van der Waals surface area contributed by atoms with Crippen LogP contribution >= 0.6 is 0 Å². The number of carboxylic acids is 1. The third kappa shape index (κ3) is 16.7. The van der Waals surface area contributed by atoms with E-state index in [1.165, 1.54) is 0 Å². The Labute approximate surface area is 145 Å². The van der Waals surface area contributed by atoms with Crippen LogP contribution in [0.1, 0.15) is 58.3 Å². The number of aliphatic hydroxyl groups is 2. The van der Waals surface area contributed by atoms with Crippen molar-refractivity contribution in [1.29, 1.82) is 0 Å². The molecule has 0 fully saturated rings. The van der Waals surface area contributed by atoms with Gasteiger partial charge in [-0.1, -0.05) is 74.8 Å². The average Bonchev–Trinajstić information content (AvgIpc) is 2.53. The van der Waals surface area contributed by atoms with E-state index < -0.39 is 12.1 Å². The first-order valence-corrected chi connectivity index (χ1v) is 8.80. The van der Waals surface area contributed by atoms with Gasteiger partial charge in [-0.2, -0.15) is 0 Å². The van der Waals surface area contributed by atoms with Gasteiger partial charge in [-0.3, -0.25) is 4.79 Å².